The summed E-state index contributed by atoms with van der Waals surface area (Å²) in [5.74, 6) is 0.873. The summed E-state index contributed by atoms with van der Waals surface area (Å²) >= 11 is 3.37. The largest absolute Gasteiger partial charge is 0.392 e. The fraction of sp³-hybridized carbons (Fsp3) is 0.583. The van der Waals surface area contributed by atoms with Gasteiger partial charge in [0.2, 0.25) is 0 Å². The number of piperidine rings is 1. The van der Waals surface area contributed by atoms with E-state index >= 15 is 0 Å². The van der Waals surface area contributed by atoms with Crippen LogP contribution in [0.1, 0.15) is 18.4 Å². The molecule has 0 radical (unpaired) electrons. The van der Waals surface area contributed by atoms with Crippen molar-refractivity contribution in [2.24, 2.45) is 0 Å². The van der Waals surface area contributed by atoms with Gasteiger partial charge in [-0.25, -0.2) is 4.98 Å². The lowest BCUT2D eigenvalue weighted by Gasteiger charge is -2.33. The van der Waals surface area contributed by atoms with E-state index in [0.29, 0.717) is 0 Å². The summed E-state index contributed by atoms with van der Waals surface area (Å²) < 4.78 is 6.29. The maximum absolute atomic E-state index is 9.38. The van der Waals surface area contributed by atoms with Gasteiger partial charge in [-0.15, -0.1) is 0 Å². The van der Waals surface area contributed by atoms with E-state index in [9.17, 15) is 5.11 Å². The molecule has 1 atom stereocenters. The van der Waals surface area contributed by atoms with Gasteiger partial charge in [-0.2, -0.15) is 0 Å². The molecule has 4 nitrogen and oxygen atoms in total. The molecule has 0 bridgehead atoms. The van der Waals surface area contributed by atoms with E-state index < -0.39 is 0 Å². The number of methoxy groups -OCH3 is 1. The summed E-state index contributed by atoms with van der Waals surface area (Å²) in [6, 6.07) is 1.92. The van der Waals surface area contributed by atoms with Crippen LogP contribution in [0, 0.1) is 0 Å². The second kappa shape index (κ2) is 5.80. The van der Waals surface area contributed by atoms with Crippen molar-refractivity contribution in [2.45, 2.75) is 25.6 Å². The van der Waals surface area contributed by atoms with E-state index in [4.69, 9.17) is 4.74 Å². The highest BCUT2D eigenvalue weighted by Gasteiger charge is 2.22. The second-order valence-corrected chi connectivity index (χ2v) is 5.16. The summed E-state index contributed by atoms with van der Waals surface area (Å²) in [4.78, 5) is 6.60. The van der Waals surface area contributed by atoms with E-state index in [-0.39, 0.29) is 12.7 Å². The Morgan fingerprint density at radius 3 is 3.18 bits per heavy atom. The molecule has 0 spiro atoms. The van der Waals surface area contributed by atoms with Crippen molar-refractivity contribution in [3.63, 3.8) is 0 Å². The smallest absolute Gasteiger partial charge is 0.134 e. The van der Waals surface area contributed by atoms with Gasteiger partial charge in [0.15, 0.2) is 0 Å². The number of hydrogen-bond donors (Lipinski definition) is 1. The molecule has 2 heterocycles. The maximum atomic E-state index is 9.38. The van der Waals surface area contributed by atoms with Crippen molar-refractivity contribution in [2.75, 3.05) is 25.1 Å². The normalized spacial score (nSPS) is 20.6. The molecule has 1 aromatic rings. The first kappa shape index (κ1) is 12.8. The standard InChI is InChI=1S/C12H17BrN2O2/c1-17-11-3-2-4-15(7-11)12-9(8-16)5-10(13)6-14-12/h5-6,11,16H,2-4,7-8H2,1H3. The van der Waals surface area contributed by atoms with Crippen molar-refractivity contribution in [3.8, 4) is 0 Å². The summed E-state index contributed by atoms with van der Waals surface area (Å²) in [6.07, 6.45) is 4.23. The Hall–Kier alpha value is -0.650. The number of hydrogen-bond acceptors (Lipinski definition) is 4. The zero-order chi connectivity index (χ0) is 12.3. The summed E-state index contributed by atoms with van der Waals surface area (Å²) in [7, 11) is 1.75. The number of aromatic nitrogens is 1. The zero-order valence-electron chi connectivity index (χ0n) is 9.90. The van der Waals surface area contributed by atoms with E-state index in [1.54, 1.807) is 13.3 Å². The number of aliphatic hydroxyl groups is 1. The minimum absolute atomic E-state index is 0.00984. The van der Waals surface area contributed by atoms with Gasteiger partial charge in [-0.3, -0.25) is 0 Å². The summed E-state index contributed by atoms with van der Waals surface area (Å²) in [5, 5.41) is 9.38. The lowest BCUT2D eigenvalue weighted by molar-refractivity contribution is 0.0890. The molecular weight excluding hydrogens is 284 g/mol. The number of ether oxygens (including phenoxy) is 1. The van der Waals surface area contributed by atoms with Gasteiger partial charge in [-0.1, -0.05) is 0 Å². The van der Waals surface area contributed by atoms with Crippen LogP contribution >= 0.6 is 15.9 Å². The topological polar surface area (TPSA) is 45.6 Å². The molecule has 94 valence electrons. The van der Waals surface area contributed by atoms with Crippen LogP contribution in [0.5, 0.6) is 0 Å². The van der Waals surface area contributed by atoms with E-state index in [1.165, 1.54) is 0 Å². The molecule has 0 amide bonds. The molecule has 0 saturated carbocycles. The third-order valence-corrected chi connectivity index (χ3v) is 3.52. The fourth-order valence-electron chi connectivity index (χ4n) is 2.20. The van der Waals surface area contributed by atoms with Crippen LogP contribution < -0.4 is 4.90 Å². The molecule has 0 aliphatic carbocycles. The number of nitrogens with zero attached hydrogens (tertiary/aromatic N) is 2. The highest BCUT2D eigenvalue weighted by molar-refractivity contribution is 9.10. The SMILES string of the molecule is COC1CCCN(c2ncc(Br)cc2CO)C1. The first-order chi connectivity index (χ1) is 8.24. The Bertz CT molecular complexity index is 387. The number of halogens is 1. The van der Waals surface area contributed by atoms with Crippen molar-refractivity contribution < 1.29 is 9.84 Å². The van der Waals surface area contributed by atoms with Gasteiger partial charge < -0.3 is 14.7 Å². The van der Waals surface area contributed by atoms with E-state index in [0.717, 1.165) is 41.8 Å². The number of rotatable bonds is 3. The van der Waals surface area contributed by atoms with E-state index in [1.807, 2.05) is 6.07 Å². The van der Waals surface area contributed by atoms with Crippen LogP contribution in [0.4, 0.5) is 5.82 Å². The van der Waals surface area contributed by atoms with E-state index in [2.05, 4.69) is 25.8 Å². The fourth-order valence-corrected chi connectivity index (χ4v) is 2.58. The molecule has 1 aliphatic rings. The van der Waals surface area contributed by atoms with Crippen molar-refractivity contribution >= 4 is 21.7 Å². The maximum Gasteiger partial charge on any atom is 0.134 e. The second-order valence-electron chi connectivity index (χ2n) is 4.24. The van der Waals surface area contributed by atoms with Crippen LogP contribution in [0.25, 0.3) is 0 Å². The zero-order valence-corrected chi connectivity index (χ0v) is 11.5. The van der Waals surface area contributed by atoms with Crippen LogP contribution in [0.3, 0.4) is 0 Å². The Morgan fingerprint density at radius 2 is 2.47 bits per heavy atom. The third-order valence-electron chi connectivity index (χ3n) is 3.09. The highest BCUT2D eigenvalue weighted by Crippen LogP contribution is 2.25. The lowest BCUT2D eigenvalue weighted by atomic mass is 10.1. The molecular formula is C12H17BrN2O2. The molecule has 1 saturated heterocycles. The highest BCUT2D eigenvalue weighted by atomic mass is 79.9. The Morgan fingerprint density at radius 1 is 1.65 bits per heavy atom. The van der Waals surface area contributed by atoms with Gasteiger partial charge in [0.05, 0.1) is 12.7 Å². The molecule has 1 aromatic heterocycles. The van der Waals surface area contributed by atoms with Crippen LogP contribution in [-0.4, -0.2) is 36.4 Å². The number of anilines is 1. The Kier molecular flexibility index (Phi) is 4.36. The van der Waals surface area contributed by atoms with Gasteiger partial charge in [0.25, 0.3) is 0 Å². The molecule has 5 heteroatoms. The monoisotopic (exact) mass is 300 g/mol. The third kappa shape index (κ3) is 2.97. The molecule has 1 fully saturated rings. The van der Waals surface area contributed by atoms with Crippen LogP contribution in [0.15, 0.2) is 16.7 Å². The average Bonchev–Trinajstić information content (AvgIpc) is 2.38. The van der Waals surface area contributed by atoms with Crippen molar-refractivity contribution in [1.82, 2.24) is 4.98 Å². The van der Waals surface area contributed by atoms with Gasteiger partial charge >= 0.3 is 0 Å². The quantitative estimate of drug-likeness (QED) is 0.927. The number of aliphatic hydroxyl groups excluding tert-OH is 1. The van der Waals surface area contributed by atoms with Crippen molar-refractivity contribution in [3.05, 3.63) is 22.3 Å². The number of pyridine rings is 1. The summed E-state index contributed by atoms with van der Waals surface area (Å²) in [5.41, 5.74) is 0.858. The first-order valence-electron chi connectivity index (χ1n) is 5.77. The van der Waals surface area contributed by atoms with Crippen LogP contribution in [0.2, 0.25) is 0 Å². The van der Waals surface area contributed by atoms with Gasteiger partial charge in [0, 0.05) is 36.4 Å². The van der Waals surface area contributed by atoms with Crippen LogP contribution in [-0.2, 0) is 11.3 Å². The minimum Gasteiger partial charge on any atom is -0.392 e. The first-order valence-corrected chi connectivity index (χ1v) is 6.57. The minimum atomic E-state index is 0.00984. The van der Waals surface area contributed by atoms with Crippen molar-refractivity contribution in [1.29, 1.82) is 0 Å². The molecule has 0 aromatic carbocycles. The predicted molar refractivity (Wildman–Crippen MR) is 70.1 cm³/mol. The summed E-state index contributed by atoms with van der Waals surface area (Å²) in [6.45, 7) is 1.83. The Balaban J connectivity index is 2.20. The molecule has 17 heavy (non-hydrogen) atoms. The average molecular weight is 301 g/mol. The molecule has 1 N–H and O–H groups in total. The molecule has 1 aliphatic heterocycles. The van der Waals surface area contributed by atoms with Gasteiger partial charge in [-0.05, 0) is 34.8 Å². The predicted octanol–water partition coefficient (Wildman–Crippen LogP) is 1.95. The molecule has 2 rings (SSSR count). The lowest BCUT2D eigenvalue weighted by Crippen LogP contribution is -2.40. The van der Waals surface area contributed by atoms with Gasteiger partial charge in [0.1, 0.15) is 5.82 Å². The molecule has 1 unspecified atom stereocenters. The Labute approximate surface area is 110 Å².